The standard InChI is InChI=1S/C15H32N2O/c1-3-14-7-4-9-15(12-16,10-8-14)17-13(2)6-5-11-18/h13-14,17-18H,3-12,16H2,1-2H3. The number of hydrogen-bond acceptors (Lipinski definition) is 3. The van der Waals surface area contributed by atoms with E-state index in [1.165, 1.54) is 38.5 Å². The average Bonchev–Trinajstić information content (AvgIpc) is 2.59. The van der Waals surface area contributed by atoms with E-state index in [0.29, 0.717) is 12.6 Å². The Balaban J connectivity index is 2.50. The molecule has 1 rings (SSSR count). The second-order valence-corrected chi connectivity index (χ2v) is 6.10. The van der Waals surface area contributed by atoms with Crippen LogP contribution in [0.2, 0.25) is 0 Å². The number of aliphatic hydroxyl groups excluding tert-OH is 1. The molecule has 0 amide bonds. The smallest absolute Gasteiger partial charge is 0.0431 e. The molecule has 3 heteroatoms. The fourth-order valence-electron chi connectivity index (χ4n) is 3.29. The van der Waals surface area contributed by atoms with Crippen LogP contribution in [0.5, 0.6) is 0 Å². The third-order valence-electron chi connectivity index (χ3n) is 4.61. The third-order valence-corrected chi connectivity index (χ3v) is 4.61. The molecule has 0 bridgehead atoms. The van der Waals surface area contributed by atoms with Gasteiger partial charge < -0.3 is 16.2 Å². The van der Waals surface area contributed by atoms with Crippen molar-refractivity contribution in [2.75, 3.05) is 13.2 Å². The Kier molecular flexibility index (Phi) is 7.20. The van der Waals surface area contributed by atoms with E-state index in [2.05, 4.69) is 19.2 Å². The first kappa shape index (κ1) is 15.9. The second kappa shape index (κ2) is 8.13. The summed E-state index contributed by atoms with van der Waals surface area (Å²) >= 11 is 0. The van der Waals surface area contributed by atoms with Gasteiger partial charge >= 0.3 is 0 Å². The minimum Gasteiger partial charge on any atom is -0.396 e. The molecule has 0 heterocycles. The Hall–Kier alpha value is -0.120. The molecule has 1 aliphatic rings. The monoisotopic (exact) mass is 256 g/mol. The Morgan fingerprint density at radius 1 is 1.39 bits per heavy atom. The van der Waals surface area contributed by atoms with Crippen molar-refractivity contribution >= 4 is 0 Å². The molecule has 108 valence electrons. The van der Waals surface area contributed by atoms with Gasteiger partial charge in [-0.3, -0.25) is 0 Å². The molecule has 4 N–H and O–H groups in total. The van der Waals surface area contributed by atoms with Gasteiger partial charge in [-0.05, 0) is 44.9 Å². The van der Waals surface area contributed by atoms with E-state index in [9.17, 15) is 0 Å². The van der Waals surface area contributed by atoms with Crippen LogP contribution >= 0.6 is 0 Å². The molecular weight excluding hydrogens is 224 g/mol. The van der Waals surface area contributed by atoms with Gasteiger partial charge in [-0.2, -0.15) is 0 Å². The van der Waals surface area contributed by atoms with Gasteiger partial charge in [-0.1, -0.05) is 26.2 Å². The van der Waals surface area contributed by atoms with E-state index < -0.39 is 0 Å². The van der Waals surface area contributed by atoms with Gasteiger partial charge in [0.1, 0.15) is 0 Å². The van der Waals surface area contributed by atoms with Crippen molar-refractivity contribution in [2.45, 2.75) is 76.8 Å². The highest BCUT2D eigenvalue weighted by Crippen LogP contribution is 2.32. The van der Waals surface area contributed by atoms with E-state index in [0.717, 1.165) is 25.3 Å². The minimum atomic E-state index is 0.152. The summed E-state index contributed by atoms with van der Waals surface area (Å²) in [6, 6.07) is 0.457. The molecule has 3 unspecified atom stereocenters. The van der Waals surface area contributed by atoms with Crippen molar-refractivity contribution < 1.29 is 5.11 Å². The van der Waals surface area contributed by atoms with Gasteiger partial charge in [-0.25, -0.2) is 0 Å². The molecule has 0 saturated heterocycles. The van der Waals surface area contributed by atoms with Crippen LogP contribution in [0.4, 0.5) is 0 Å². The summed E-state index contributed by atoms with van der Waals surface area (Å²) < 4.78 is 0. The Morgan fingerprint density at radius 2 is 2.17 bits per heavy atom. The molecule has 18 heavy (non-hydrogen) atoms. The van der Waals surface area contributed by atoms with E-state index in [1.807, 2.05) is 0 Å². The maximum atomic E-state index is 8.90. The zero-order valence-electron chi connectivity index (χ0n) is 12.3. The molecular formula is C15H32N2O. The van der Waals surface area contributed by atoms with Gasteiger partial charge in [0.15, 0.2) is 0 Å². The van der Waals surface area contributed by atoms with Gasteiger partial charge in [0, 0.05) is 24.7 Å². The zero-order chi connectivity index (χ0) is 13.4. The molecule has 3 nitrogen and oxygen atoms in total. The van der Waals surface area contributed by atoms with Crippen LogP contribution in [0.3, 0.4) is 0 Å². The minimum absolute atomic E-state index is 0.152. The van der Waals surface area contributed by atoms with Gasteiger partial charge in [-0.15, -0.1) is 0 Å². The molecule has 0 aromatic rings. The number of aliphatic hydroxyl groups is 1. The third kappa shape index (κ3) is 4.87. The lowest BCUT2D eigenvalue weighted by molar-refractivity contribution is 0.235. The molecule has 1 aliphatic carbocycles. The maximum Gasteiger partial charge on any atom is 0.0431 e. The average molecular weight is 256 g/mol. The van der Waals surface area contributed by atoms with Crippen molar-refractivity contribution in [3.8, 4) is 0 Å². The number of hydrogen-bond donors (Lipinski definition) is 3. The van der Waals surface area contributed by atoms with Crippen molar-refractivity contribution in [2.24, 2.45) is 11.7 Å². The van der Waals surface area contributed by atoms with Crippen LogP contribution in [0.25, 0.3) is 0 Å². The molecule has 0 aromatic heterocycles. The summed E-state index contributed by atoms with van der Waals surface area (Å²) in [5, 5.41) is 12.7. The van der Waals surface area contributed by atoms with Gasteiger partial charge in [0.05, 0.1) is 0 Å². The predicted molar refractivity (Wildman–Crippen MR) is 77.6 cm³/mol. The largest absolute Gasteiger partial charge is 0.396 e. The van der Waals surface area contributed by atoms with Crippen molar-refractivity contribution in [1.82, 2.24) is 5.32 Å². The molecule has 1 saturated carbocycles. The van der Waals surface area contributed by atoms with Crippen molar-refractivity contribution in [3.05, 3.63) is 0 Å². The Bertz CT molecular complexity index is 223. The molecule has 1 fully saturated rings. The van der Waals surface area contributed by atoms with Crippen LogP contribution in [0, 0.1) is 5.92 Å². The van der Waals surface area contributed by atoms with Gasteiger partial charge in [0.25, 0.3) is 0 Å². The highest BCUT2D eigenvalue weighted by atomic mass is 16.2. The van der Waals surface area contributed by atoms with Crippen molar-refractivity contribution in [3.63, 3.8) is 0 Å². The lowest BCUT2D eigenvalue weighted by Gasteiger charge is -2.36. The fraction of sp³-hybridized carbons (Fsp3) is 1.00. The van der Waals surface area contributed by atoms with Gasteiger partial charge in [0.2, 0.25) is 0 Å². The highest BCUT2D eigenvalue weighted by Gasteiger charge is 2.32. The fourth-order valence-corrected chi connectivity index (χ4v) is 3.29. The van der Waals surface area contributed by atoms with E-state index >= 15 is 0 Å². The second-order valence-electron chi connectivity index (χ2n) is 6.10. The number of rotatable bonds is 7. The summed E-state index contributed by atoms with van der Waals surface area (Å²) in [4.78, 5) is 0. The summed E-state index contributed by atoms with van der Waals surface area (Å²) in [5.74, 6) is 0.896. The number of nitrogens with one attached hydrogen (secondary N) is 1. The zero-order valence-corrected chi connectivity index (χ0v) is 12.3. The molecule has 0 radical (unpaired) electrons. The van der Waals surface area contributed by atoms with Crippen LogP contribution < -0.4 is 11.1 Å². The normalized spacial score (nSPS) is 31.0. The van der Waals surface area contributed by atoms with E-state index in [4.69, 9.17) is 10.8 Å². The maximum absolute atomic E-state index is 8.90. The van der Waals surface area contributed by atoms with Crippen LogP contribution in [-0.2, 0) is 0 Å². The first-order valence-corrected chi connectivity index (χ1v) is 7.74. The molecule has 0 aromatic carbocycles. The van der Waals surface area contributed by atoms with Crippen LogP contribution in [-0.4, -0.2) is 29.8 Å². The first-order chi connectivity index (χ1) is 8.65. The van der Waals surface area contributed by atoms with Crippen LogP contribution in [0.1, 0.15) is 65.2 Å². The quantitative estimate of drug-likeness (QED) is 0.613. The molecule has 0 spiro atoms. The lowest BCUT2D eigenvalue weighted by Crippen LogP contribution is -2.54. The Labute approximate surface area is 113 Å². The lowest BCUT2D eigenvalue weighted by atomic mass is 9.88. The SMILES string of the molecule is CCC1CCCC(CN)(NC(C)CCCO)CC1. The molecule has 0 aliphatic heterocycles. The first-order valence-electron chi connectivity index (χ1n) is 7.74. The van der Waals surface area contributed by atoms with Crippen LogP contribution in [0.15, 0.2) is 0 Å². The Morgan fingerprint density at radius 3 is 2.78 bits per heavy atom. The predicted octanol–water partition coefficient (Wildman–Crippen LogP) is 2.42. The van der Waals surface area contributed by atoms with E-state index in [-0.39, 0.29) is 5.54 Å². The van der Waals surface area contributed by atoms with Crippen molar-refractivity contribution in [1.29, 1.82) is 0 Å². The highest BCUT2D eigenvalue weighted by molar-refractivity contribution is 4.93. The van der Waals surface area contributed by atoms with E-state index in [1.54, 1.807) is 0 Å². The topological polar surface area (TPSA) is 58.3 Å². The number of nitrogens with two attached hydrogens (primary N) is 1. The summed E-state index contributed by atoms with van der Waals surface area (Å²) in [6.07, 6.45) is 9.63. The summed E-state index contributed by atoms with van der Waals surface area (Å²) in [6.45, 7) is 5.55. The molecule has 3 atom stereocenters. The summed E-state index contributed by atoms with van der Waals surface area (Å²) in [5.41, 5.74) is 6.21. The summed E-state index contributed by atoms with van der Waals surface area (Å²) in [7, 11) is 0.